The minimum atomic E-state index is -0.992. The Labute approximate surface area is 210 Å². The van der Waals surface area contributed by atoms with Crippen molar-refractivity contribution in [3.05, 3.63) is 48.9 Å². The van der Waals surface area contributed by atoms with Crippen molar-refractivity contribution < 1.29 is 19.1 Å². The fraction of sp³-hybridized carbons (Fsp3) is 0.292. The average molecular weight is 504 g/mol. The van der Waals surface area contributed by atoms with Gasteiger partial charge in [0.2, 0.25) is 11.8 Å². The zero-order valence-electron chi connectivity index (χ0n) is 19.9. The molecule has 37 heavy (non-hydrogen) atoms. The maximum absolute atomic E-state index is 10.7. The molecule has 6 rings (SSSR count). The first kappa shape index (κ1) is 22.8. The predicted octanol–water partition coefficient (Wildman–Crippen LogP) is 1.60. The molecule has 4 aromatic heterocycles. The quantitative estimate of drug-likeness (QED) is 0.317. The van der Waals surface area contributed by atoms with Crippen molar-refractivity contribution in [3.63, 3.8) is 0 Å². The molecule has 5 heterocycles. The first-order valence-electron chi connectivity index (χ1n) is 11.9. The van der Waals surface area contributed by atoms with Gasteiger partial charge in [-0.05, 0) is 36.4 Å². The molecule has 0 unspecified atom stereocenters. The van der Waals surface area contributed by atoms with Crippen LogP contribution in [0.25, 0.3) is 28.3 Å². The van der Waals surface area contributed by atoms with Gasteiger partial charge >= 0.3 is 5.97 Å². The van der Waals surface area contributed by atoms with Crippen LogP contribution in [0.15, 0.2) is 53.3 Å². The zero-order valence-corrected chi connectivity index (χ0v) is 19.9. The van der Waals surface area contributed by atoms with E-state index < -0.39 is 5.97 Å². The molecule has 190 valence electrons. The maximum Gasteiger partial charge on any atom is 0.341 e. The number of carboxylic acids is 1. The minimum absolute atomic E-state index is 0.238. The number of anilines is 2. The van der Waals surface area contributed by atoms with Gasteiger partial charge in [-0.3, -0.25) is 4.90 Å². The summed E-state index contributed by atoms with van der Waals surface area (Å²) in [6.07, 6.45) is 3.32. The average Bonchev–Trinajstić information content (AvgIpc) is 3.67. The number of hydrogen-bond acceptors (Lipinski definition) is 10. The van der Waals surface area contributed by atoms with Crippen LogP contribution in [0.5, 0.6) is 5.75 Å². The molecule has 0 atom stereocenters. The normalized spacial score (nSPS) is 14.5. The predicted molar refractivity (Wildman–Crippen MR) is 134 cm³/mol. The number of carboxylic acid groups (broad SMARTS) is 1. The van der Waals surface area contributed by atoms with E-state index in [0.717, 1.165) is 43.8 Å². The molecular weight excluding hydrogens is 478 g/mol. The second-order valence-corrected chi connectivity index (χ2v) is 8.73. The Hall–Kier alpha value is -4.65. The summed E-state index contributed by atoms with van der Waals surface area (Å²) in [7, 11) is 0. The molecule has 3 N–H and O–H groups in total. The van der Waals surface area contributed by atoms with Crippen molar-refractivity contribution in [2.45, 2.75) is 6.54 Å². The number of aromatic nitrogens is 6. The highest BCUT2D eigenvalue weighted by Crippen LogP contribution is 2.24. The largest absolute Gasteiger partial charge is 0.482 e. The van der Waals surface area contributed by atoms with Crippen LogP contribution in [-0.4, -0.2) is 84.7 Å². The summed E-state index contributed by atoms with van der Waals surface area (Å²) < 4.78 is 14.0. The Balaban J connectivity index is 1.09. The number of furan rings is 1. The fourth-order valence-electron chi connectivity index (χ4n) is 4.49. The minimum Gasteiger partial charge on any atom is -0.482 e. The summed E-state index contributed by atoms with van der Waals surface area (Å²) >= 11 is 0. The third-order valence-electron chi connectivity index (χ3n) is 6.40. The monoisotopic (exact) mass is 503 g/mol. The van der Waals surface area contributed by atoms with E-state index in [-0.39, 0.29) is 12.6 Å². The van der Waals surface area contributed by atoms with Crippen molar-refractivity contribution in [3.8, 4) is 17.3 Å². The number of rotatable bonds is 8. The molecule has 0 amide bonds. The maximum atomic E-state index is 10.7. The second-order valence-electron chi connectivity index (χ2n) is 8.73. The third-order valence-corrected chi connectivity index (χ3v) is 6.40. The molecule has 0 spiro atoms. The van der Waals surface area contributed by atoms with Crippen molar-refractivity contribution in [2.75, 3.05) is 50.0 Å². The van der Waals surface area contributed by atoms with E-state index in [1.54, 1.807) is 36.7 Å². The standard InChI is InChI=1S/C24H25N9O4/c25-24-28-22-18(23-27-21(29-33(23)24)19-2-1-13-36-19)14-26-32(22)12-9-30-7-10-31(11-8-30)16-3-5-17(6-4-16)37-15-20(34)35/h1-6,13-14H,7-12,15H2,(H2,25,28)(H,34,35). The van der Waals surface area contributed by atoms with Gasteiger partial charge in [-0.15, -0.1) is 5.10 Å². The van der Waals surface area contributed by atoms with Crippen LogP contribution in [0.2, 0.25) is 0 Å². The van der Waals surface area contributed by atoms with Gasteiger partial charge in [-0.2, -0.15) is 14.6 Å². The van der Waals surface area contributed by atoms with Gasteiger partial charge in [0.25, 0.3) is 0 Å². The van der Waals surface area contributed by atoms with E-state index in [1.165, 1.54) is 4.52 Å². The van der Waals surface area contributed by atoms with Crippen LogP contribution in [0.4, 0.5) is 11.6 Å². The van der Waals surface area contributed by atoms with E-state index in [9.17, 15) is 4.79 Å². The van der Waals surface area contributed by atoms with E-state index >= 15 is 0 Å². The molecule has 13 heteroatoms. The number of aliphatic carboxylic acids is 1. The molecular formula is C24H25N9O4. The lowest BCUT2D eigenvalue weighted by atomic mass is 10.2. The van der Waals surface area contributed by atoms with Crippen LogP contribution in [0, 0.1) is 0 Å². The number of hydrogen-bond donors (Lipinski definition) is 2. The highest BCUT2D eigenvalue weighted by atomic mass is 16.5. The summed E-state index contributed by atoms with van der Waals surface area (Å²) in [5, 5.41) is 18.5. The van der Waals surface area contributed by atoms with Crippen LogP contribution in [0.3, 0.4) is 0 Å². The van der Waals surface area contributed by atoms with Crippen LogP contribution in [0.1, 0.15) is 0 Å². The summed E-state index contributed by atoms with van der Waals surface area (Å²) in [5.74, 6) is 0.798. The van der Waals surface area contributed by atoms with Gasteiger partial charge in [0, 0.05) is 38.4 Å². The molecule has 1 aromatic carbocycles. The topological polar surface area (TPSA) is 153 Å². The smallest absolute Gasteiger partial charge is 0.341 e. The molecule has 1 saturated heterocycles. The van der Waals surface area contributed by atoms with Crippen LogP contribution >= 0.6 is 0 Å². The van der Waals surface area contributed by atoms with Gasteiger partial charge in [0.1, 0.15) is 5.75 Å². The molecule has 0 saturated carbocycles. The number of nitrogen functional groups attached to an aromatic ring is 1. The molecule has 13 nitrogen and oxygen atoms in total. The van der Waals surface area contributed by atoms with Gasteiger partial charge < -0.3 is 24.9 Å². The summed E-state index contributed by atoms with van der Waals surface area (Å²) in [5.41, 5.74) is 8.55. The van der Waals surface area contributed by atoms with E-state index in [4.69, 9.17) is 20.0 Å². The molecule has 0 radical (unpaired) electrons. The Morgan fingerprint density at radius 2 is 1.86 bits per heavy atom. The first-order chi connectivity index (χ1) is 18.0. The van der Waals surface area contributed by atoms with Gasteiger partial charge in [0.05, 0.1) is 24.4 Å². The fourth-order valence-corrected chi connectivity index (χ4v) is 4.49. The van der Waals surface area contributed by atoms with Crippen molar-refractivity contribution in [1.82, 2.24) is 34.3 Å². The molecule has 0 aliphatic carbocycles. The zero-order chi connectivity index (χ0) is 25.4. The number of ether oxygens (including phenoxy) is 1. The first-order valence-corrected chi connectivity index (χ1v) is 11.9. The number of benzene rings is 1. The van der Waals surface area contributed by atoms with Crippen molar-refractivity contribution in [1.29, 1.82) is 0 Å². The van der Waals surface area contributed by atoms with Crippen LogP contribution < -0.4 is 15.4 Å². The summed E-state index contributed by atoms with van der Waals surface area (Å²) in [6.45, 7) is 4.73. The van der Waals surface area contributed by atoms with E-state index in [0.29, 0.717) is 35.2 Å². The van der Waals surface area contributed by atoms with Gasteiger partial charge in [-0.25, -0.2) is 14.5 Å². The van der Waals surface area contributed by atoms with Gasteiger partial charge in [-0.1, -0.05) is 0 Å². The lowest BCUT2D eigenvalue weighted by molar-refractivity contribution is -0.139. The van der Waals surface area contributed by atoms with Gasteiger partial charge in [0.15, 0.2) is 23.7 Å². The number of fused-ring (bicyclic) bond motifs is 3. The third kappa shape index (κ3) is 4.51. The number of nitrogens with zero attached hydrogens (tertiary/aromatic N) is 8. The Morgan fingerprint density at radius 1 is 1.05 bits per heavy atom. The lowest BCUT2D eigenvalue weighted by Gasteiger charge is -2.36. The Kier molecular flexibility index (Phi) is 5.81. The highest BCUT2D eigenvalue weighted by molar-refractivity contribution is 5.90. The van der Waals surface area contributed by atoms with Crippen molar-refractivity contribution in [2.24, 2.45) is 0 Å². The molecule has 0 bridgehead atoms. The molecule has 1 fully saturated rings. The molecule has 1 aliphatic heterocycles. The summed E-state index contributed by atoms with van der Waals surface area (Å²) in [4.78, 5) is 24.5. The highest BCUT2D eigenvalue weighted by Gasteiger charge is 2.20. The lowest BCUT2D eigenvalue weighted by Crippen LogP contribution is -2.47. The number of carbonyl (C=O) groups is 1. The summed E-state index contributed by atoms with van der Waals surface area (Å²) in [6, 6.07) is 11.1. The van der Waals surface area contributed by atoms with Crippen LogP contribution in [-0.2, 0) is 11.3 Å². The molecule has 1 aliphatic rings. The SMILES string of the molecule is Nc1nc2c(cnn2CCN2CCN(c3ccc(OCC(=O)O)cc3)CC2)c2nc(-c3ccco3)nn12. The molecule has 5 aromatic rings. The van der Waals surface area contributed by atoms with E-state index in [1.807, 2.05) is 16.8 Å². The number of nitrogens with two attached hydrogens (primary N) is 1. The number of piperazine rings is 1. The second kappa shape index (κ2) is 9.43. The Bertz CT molecular complexity index is 1530. The van der Waals surface area contributed by atoms with E-state index in [2.05, 4.69) is 30.0 Å². The van der Waals surface area contributed by atoms with Crippen molar-refractivity contribution >= 4 is 34.3 Å². The Morgan fingerprint density at radius 3 is 2.59 bits per heavy atom.